The number of benzene rings is 1. The monoisotopic (exact) mass is 284 g/mol. The number of aromatic nitrogens is 1. The second-order valence-corrected chi connectivity index (χ2v) is 4.97. The molecule has 2 amide bonds. The van der Waals surface area contributed by atoms with Crippen LogP contribution in [0.3, 0.4) is 0 Å². The van der Waals surface area contributed by atoms with Gasteiger partial charge in [0, 0.05) is 0 Å². The van der Waals surface area contributed by atoms with Crippen LogP contribution in [0.5, 0.6) is 0 Å². The van der Waals surface area contributed by atoms with E-state index in [-0.39, 0.29) is 18.4 Å². The first kappa shape index (κ1) is 12.5. The molecular weight excluding hydrogens is 276 g/mol. The Bertz CT molecular complexity index is 735. The number of amides is 2. The molecule has 0 saturated carbocycles. The topological polar surface area (TPSA) is 70.5 Å². The van der Waals surface area contributed by atoms with Crippen LogP contribution in [0, 0.1) is 11.8 Å². The minimum absolute atomic E-state index is 0.250. The molecule has 20 heavy (non-hydrogen) atoms. The highest BCUT2D eigenvalue weighted by Crippen LogP contribution is 2.30. The van der Waals surface area contributed by atoms with Crippen molar-refractivity contribution in [3.05, 3.63) is 46.5 Å². The van der Waals surface area contributed by atoms with Gasteiger partial charge in [-0.3, -0.25) is 9.59 Å². The number of hydrogen-bond donors (Lipinski definition) is 1. The minimum atomic E-state index is -0.374. The van der Waals surface area contributed by atoms with Gasteiger partial charge in [-0.1, -0.05) is 35.3 Å². The molecule has 1 aromatic heterocycles. The molecule has 98 valence electrons. The molecule has 3 rings (SSSR count). The fourth-order valence-electron chi connectivity index (χ4n) is 1.92. The molecule has 0 fully saturated rings. The predicted octanol–water partition coefficient (Wildman–Crippen LogP) is 1.29. The van der Waals surface area contributed by atoms with Gasteiger partial charge in [0.2, 0.25) is 5.13 Å². The van der Waals surface area contributed by atoms with E-state index >= 15 is 0 Å². The number of hydrogen-bond acceptors (Lipinski definition) is 5. The molecule has 0 radical (unpaired) electrons. The summed E-state index contributed by atoms with van der Waals surface area (Å²) in [6, 6.07) is 6.67. The molecule has 0 bridgehead atoms. The third kappa shape index (κ3) is 1.90. The molecule has 6 heteroatoms. The number of aliphatic hydroxyl groups is 1. The van der Waals surface area contributed by atoms with E-state index in [1.807, 2.05) is 0 Å². The maximum Gasteiger partial charge on any atom is 0.268 e. The second-order valence-electron chi connectivity index (χ2n) is 3.96. The first-order valence-electron chi connectivity index (χ1n) is 5.75. The first-order valence-corrected chi connectivity index (χ1v) is 6.57. The van der Waals surface area contributed by atoms with Crippen LogP contribution in [-0.4, -0.2) is 28.5 Å². The van der Waals surface area contributed by atoms with Gasteiger partial charge in [-0.2, -0.15) is 0 Å². The Kier molecular flexibility index (Phi) is 3.06. The molecule has 2 heterocycles. The van der Waals surface area contributed by atoms with Gasteiger partial charge in [0.1, 0.15) is 6.61 Å². The van der Waals surface area contributed by atoms with E-state index in [4.69, 9.17) is 5.11 Å². The van der Waals surface area contributed by atoms with Crippen molar-refractivity contribution in [3.8, 4) is 11.8 Å². The van der Waals surface area contributed by atoms with Gasteiger partial charge in [-0.15, -0.1) is 0 Å². The predicted molar refractivity (Wildman–Crippen MR) is 73.7 cm³/mol. The molecule has 1 aromatic carbocycles. The standard InChI is InChI=1S/C14H8N2O3S/c17-7-3-4-9-8-15-14(20-9)16-12(18)10-5-1-2-6-11(10)13(16)19/h1-2,5-6,8,17H,7H2. The van der Waals surface area contributed by atoms with Gasteiger partial charge in [-0.05, 0) is 12.1 Å². The van der Waals surface area contributed by atoms with E-state index in [0.29, 0.717) is 21.1 Å². The lowest BCUT2D eigenvalue weighted by molar-refractivity contribution is 0.0926. The summed E-state index contributed by atoms with van der Waals surface area (Å²) in [6.45, 7) is -0.250. The highest BCUT2D eigenvalue weighted by atomic mass is 32.1. The van der Waals surface area contributed by atoms with Crippen molar-refractivity contribution in [2.24, 2.45) is 0 Å². The zero-order valence-corrected chi connectivity index (χ0v) is 11.0. The summed E-state index contributed by atoms with van der Waals surface area (Å²) >= 11 is 1.14. The molecule has 1 aliphatic rings. The second kappa shape index (κ2) is 4.89. The summed E-state index contributed by atoms with van der Waals surface area (Å²) in [6.07, 6.45) is 1.48. The normalized spacial score (nSPS) is 13.2. The van der Waals surface area contributed by atoms with Crippen LogP contribution < -0.4 is 4.90 Å². The van der Waals surface area contributed by atoms with Crippen molar-refractivity contribution in [1.82, 2.24) is 4.98 Å². The van der Waals surface area contributed by atoms with E-state index in [1.165, 1.54) is 6.20 Å². The van der Waals surface area contributed by atoms with E-state index in [0.717, 1.165) is 16.2 Å². The van der Waals surface area contributed by atoms with E-state index in [2.05, 4.69) is 16.8 Å². The number of rotatable bonds is 1. The van der Waals surface area contributed by atoms with Gasteiger partial charge in [-0.25, -0.2) is 9.88 Å². The Balaban J connectivity index is 1.99. The Morgan fingerprint density at radius 2 is 1.85 bits per heavy atom. The fraction of sp³-hybridized carbons (Fsp3) is 0.0714. The van der Waals surface area contributed by atoms with Crippen molar-refractivity contribution in [1.29, 1.82) is 0 Å². The number of fused-ring (bicyclic) bond motifs is 1. The zero-order valence-electron chi connectivity index (χ0n) is 10.2. The summed E-state index contributed by atoms with van der Waals surface area (Å²) in [4.78, 5) is 30.2. The SMILES string of the molecule is O=C1c2ccccc2C(=O)N1c1ncc(C#CCO)s1. The van der Waals surface area contributed by atoms with Gasteiger partial charge in [0.25, 0.3) is 11.8 Å². The van der Waals surface area contributed by atoms with E-state index in [1.54, 1.807) is 24.3 Å². The number of carbonyl (C=O) groups is 2. The minimum Gasteiger partial charge on any atom is -0.384 e. The Hall–Kier alpha value is -2.49. The number of anilines is 1. The summed E-state index contributed by atoms with van der Waals surface area (Å²) in [5.41, 5.74) is 0.770. The smallest absolute Gasteiger partial charge is 0.268 e. The van der Waals surface area contributed by atoms with Crippen LogP contribution in [0.25, 0.3) is 0 Å². The Morgan fingerprint density at radius 1 is 1.20 bits per heavy atom. The van der Waals surface area contributed by atoms with Crippen molar-refractivity contribution in [3.63, 3.8) is 0 Å². The molecule has 0 saturated heterocycles. The summed E-state index contributed by atoms with van der Waals surface area (Å²) in [5, 5.41) is 8.93. The molecule has 0 spiro atoms. The molecule has 0 aliphatic carbocycles. The van der Waals surface area contributed by atoms with Gasteiger partial charge in [0.05, 0.1) is 22.2 Å². The number of imide groups is 1. The Morgan fingerprint density at radius 3 is 2.45 bits per heavy atom. The average molecular weight is 284 g/mol. The van der Waals surface area contributed by atoms with Crippen LogP contribution in [0.2, 0.25) is 0 Å². The third-order valence-corrected chi connectivity index (χ3v) is 3.67. The molecule has 5 nitrogen and oxygen atoms in total. The van der Waals surface area contributed by atoms with Crippen LogP contribution in [0.15, 0.2) is 30.5 Å². The van der Waals surface area contributed by atoms with E-state index in [9.17, 15) is 9.59 Å². The van der Waals surface area contributed by atoms with Gasteiger partial charge < -0.3 is 5.11 Å². The highest BCUT2D eigenvalue weighted by molar-refractivity contribution is 7.16. The van der Waals surface area contributed by atoms with Crippen molar-refractivity contribution in [2.45, 2.75) is 0 Å². The molecule has 0 unspecified atom stereocenters. The molecule has 1 aliphatic heterocycles. The molecule has 2 aromatic rings. The summed E-state index contributed by atoms with van der Waals surface area (Å²) < 4.78 is 0. The van der Waals surface area contributed by atoms with Crippen molar-refractivity contribution in [2.75, 3.05) is 11.5 Å². The largest absolute Gasteiger partial charge is 0.384 e. The fourth-order valence-corrected chi connectivity index (χ4v) is 2.70. The number of carbonyl (C=O) groups excluding carboxylic acids is 2. The quantitative estimate of drug-likeness (QED) is 0.632. The first-order chi connectivity index (χ1) is 9.72. The molecule has 1 N–H and O–H groups in total. The van der Waals surface area contributed by atoms with Crippen LogP contribution in [0.1, 0.15) is 25.6 Å². The highest BCUT2D eigenvalue weighted by Gasteiger charge is 2.37. The maximum absolute atomic E-state index is 12.2. The summed E-state index contributed by atoms with van der Waals surface area (Å²) in [5.74, 6) is 4.44. The van der Waals surface area contributed by atoms with E-state index < -0.39 is 0 Å². The molecular formula is C14H8N2O3S. The summed E-state index contributed by atoms with van der Waals surface area (Å²) in [7, 11) is 0. The van der Waals surface area contributed by atoms with Gasteiger partial charge >= 0.3 is 0 Å². The molecule has 0 atom stereocenters. The van der Waals surface area contributed by atoms with Gasteiger partial charge in [0.15, 0.2) is 0 Å². The van der Waals surface area contributed by atoms with Crippen LogP contribution in [0.4, 0.5) is 5.13 Å². The van der Waals surface area contributed by atoms with Crippen LogP contribution >= 0.6 is 11.3 Å². The van der Waals surface area contributed by atoms with Crippen molar-refractivity contribution >= 4 is 28.3 Å². The lowest BCUT2D eigenvalue weighted by Crippen LogP contribution is -2.29. The lowest BCUT2D eigenvalue weighted by atomic mass is 10.1. The third-order valence-electron chi connectivity index (χ3n) is 2.77. The van der Waals surface area contributed by atoms with Crippen molar-refractivity contribution < 1.29 is 14.7 Å². The Labute approximate surface area is 118 Å². The van der Waals surface area contributed by atoms with Crippen LogP contribution in [-0.2, 0) is 0 Å². The average Bonchev–Trinajstić information content (AvgIpc) is 3.02. The lowest BCUT2D eigenvalue weighted by Gasteiger charge is -2.08. The maximum atomic E-state index is 12.2. The number of aliphatic hydroxyl groups excluding tert-OH is 1. The number of nitrogens with zero attached hydrogens (tertiary/aromatic N) is 2. The number of thiazole rings is 1. The zero-order chi connectivity index (χ0) is 14.1.